The second-order valence-corrected chi connectivity index (χ2v) is 26.9. The molecule has 20 N–H and O–H groups in total. The molecule has 0 fully saturated rings. The number of nitrogens with one attached hydrogen (secondary N) is 6. The van der Waals surface area contributed by atoms with Crippen molar-refractivity contribution < 1.29 is 129 Å². The summed E-state index contributed by atoms with van der Waals surface area (Å²) in [7, 11) is 0. The summed E-state index contributed by atoms with van der Waals surface area (Å²) in [6.45, 7) is 4.91. The maximum absolute atomic E-state index is 14.5. The Morgan fingerprint density at radius 2 is 0.786 bits per heavy atom. The molecule has 0 saturated heterocycles. The SMILES string of the molecule is [2H]c1c([2H])c([2H])c(C([2H])([2H])[C@]([2H])(CC(=O)OC(C)(C)C)C(=O)N[C@H](CCCN=C(N)N)C(=O)C[C@@H](Cc2ccccc2)C(=O)N[C@@H](CCCCNC(=O)OCc2ccccc2)C(N)=O)c([2H])c1[2H].[2H]c1c([2H])c([2H])c(C([2H])([2H])[C@]([2H])(N)C(=O)N[C@H](CCCN=C(N)N)C(=O)C[C@@H](Cc2ccccc2)C(=O)N[C@@H](CCCCNC(=O)OCc2ccccc2)C(N)=O)c([2H])c1[2H].[B].[B].[V].[W]. The fourth-order valence-electron chi connectivity index (χ4n) is 10.9. The first-order valence-electron chi connectivity index (χ1n) is 44.6. The third-order valence-corrected chi connectivity index (χ3v) is 16.5. The Bertz CT molecular complexity index is 4900. The Labute approximate surface area is 738 Å². The van der Waals surface area contributed by atoms with Crippen LogP contribution in [-0.4, -0.2) is 156 Å². The van der Waals surface area contributed by atoms with Crippen molar-refractivity contribution in [3.05, 3.63) is 215 Å². The number of benzene rings is 6. The van der Waals surface area contributed by atoms with E-state index in [-0.39, 0.29) is 159 Å². The quantitative estimate of drug-likeness (QED) is 0.00582. The molecule has 625 valence electrons. The van der Waals surface area contributed by atoms with E-state index in [9.17, 15) is 54.1 Å². The van der Waals surface area contributed by atoms with Crippen LogP contribution in [0.4, 0.5) is 9.59 Å². The second kappa shape index (κ2) is 58.3. The number of carbonyl (C=O) groups is 11. The number of alkyl carbamates (subject to hydrolysis) is 2. The molecule has 117 heavy (non-hydrogen) atoms. The fraction of sp³-hybridized carbons (Fsp3) is 0.417. The predicted octanol–water partition coefficient (Wildman–Crippen LogP) is 5.21. The number of rotatable bonds is 48. The van der Waals surface area contributed by atoms with Crippen LogP contribution in [0, 0.1) is 17.7 Å². The van der Waals surface area contributed by atoms with Gasteiger partial charge in [0.2, 0.25) is 35.4 Å². The molecule has 0 aliphatic rings. The maximum atomic E-state index is 14.5. The van der Waals surface area contributed by atoms with Gasteiger partial charge in [0.05, 0.1) is 45.5 Å². The van der Waals surface area contributed by atoms with Crippen LogP contribution in [0.1, 0.15) is 160 Å². The summed E-state index contributed by atoms with van der Waals surface area (Å²) in [6, 6.07) is 16.8. The summed E-state index contributed by atoms with van der Waals surface area (Å²) in [6.07, 6.45) is -9.47. The van der Waals surface area contributed by atoms with Crippen LogP contribution in [0.5, 0.6) is 0 Å². The number of nitrogens with zero attached hydrogens (tertiary/aromatic N) is 2. The molecule has 8 amide bonds. The third-order valence-electron chi connectivity index (χ3n) is 16.5. The van der Waals surface area contributed by atoms with E-state index in [2.05, 4.69) is 41.9 Å². The van der Waals surface area contributed by atoms with Gasteiger partial charge in [-0.05, 0) is 144 Å². The predicted molar refractivity (Wildman–Crippen MR) is 443 cm³/mol. The molecule has 0 aliphatic heterocycles. The van der Waals surface area contributed by atoms with E-state index in [4.69, 9.17) is 74.9 Å². The molecule has 0 aliphatic carbocycles. The topological polar surface area (TPSA) is 494 Å². The van der Waals surface area contributed by atoms with Crippen molar-refractivity contribution in [1.82, 2.24) is 31.9 Å². The molecule has 33 heteroatoms. The zero-order valence-electron chi connectivity index (χ0n) is 81.5. The van der Waals surface area contributed by atoms with Crippen molar-refractivity contribution in [2.24, 2.45) is 67.9 Å². The molecule has 0 spiro atoms. The molecular weight excluding hydrogens is 1700 g/mol. The number of primary amides is 2. The minimum atomic E-state index is -3.52. The number of hydrogen-bond donors (Lipinski definition) is 13. The van der Waals surface area contributed by atoms with Crippen LogP contribution in [0.25, 0.3) is 0 Å². The maximum Gasteiger partial charge on any atom is 0.407 e. The molecular formula is C84H113B2N15O14VW. The minimum absolute atomic E-state index is 0. The van der Waals surface area contributed by atoms with Gasteiger partial charge in [0.25, 0.3) is 0 Å². The molecule has 7 radical (unpaired) electrons. The van der Waals surface area contributed by atoms with E-state index in [1.165, 1.54) is 20.8 Å². The fourth-order valence-corrected chi connectivity index (χ4v) is 10.9. The molecule has 0 unspecified atom stereocenters. The average molecular weight is 1830 g/mol. The monoisotopic (exact) mass is 1830 g/mol. The molecule has 0 saturated carbocycles. The molecule has 0 bridgehead atoms. The number of amides is 8. The Balaban J connectivity index is 0.00000130. The Hall–Kier alpha value is -10.6. The van der Waals surface area contributed by atoms with Crippen LogP contribution in [-0.2, 0) is 136 Å². The number of esters is 1. The molecule has 6 rings (SSSR count). The Kier molecular flexibility index (Phi) is 39.3. The van der Waals surface area contributed by atoms with E-state index in [1.54, 1.807) is 72.8 Å². The van der Waals surface area contributed by atoms with E-state index in [0.29, 0.717) is 36.8 Å². The molecule has 0 heterocycles. The summed E-state index contributed by atoms with van der Waals surface area (Å²) in [4.78, 5) is 155. The van der Waals surface area contributed by atoms with Crippen molar-refractivity contribution in [2.45, 2.75) is 179 Å². The van der Waals surface area contributed by atoms with E-state index in [1.807, 2.05) is 48.5 Å². The van der Waals surface area contributed by atoms with Crippen LogP contribution in [0.15, 0.2) is 192 Å². The number of guanidine groups is 2. The van der Waals surface area contributed by atoms with Crippen LogP contribution in [0.3, 0.4) is 0 Å². The van der Waals surface area contributed by atoms with Crippen molar-refractivity contribution in [1.29, 1.82) is 0 Å². The standard InChI is InChI=1S/C45H61N7O8.C39H52N8O6.2B.V.W/c1-45(2,3)60-39(54)29-35(27-32-18-9-5-10-19-32)42(57)51-36(23-15-25-49-43(47)48)38(53)28-34(26-31-16-7-4-8-17-31)41(56)52-37(40(46)55)22-13-14-24-50-44(58)59-30-33-20-11-6-12-21-33;40-31(24-28-15-6-2-7-16-28)37(51)46-32(20-12-22-44-38(42)43)34(48)25-30(23-27-13-4-1-5-14-27)36(50)47-33(35(41)49)19-10-11-21-45-39(52)53-26-29-17-8-3-9-18-29;;;;/h4-12,16-21,34-37H,13-15,22-30H2,1-3H3,(H2,46,55)(H,50,58)(H,51,57)(H,52,56)(H4,47,48,49);1-9,13-18,30-33H,10-12,19-26,40H2,(H2,41,49)(H,45,52)(H,46,51)(H,47,50)(H4,42,43,44);;;;/t34-,35-,36-,37+;30-,31+,32-,33+;;;;/m11..../s1/i5D,9D,10D,18D,19D,27D2,35D;2D,6D,7D,15D,16D,24D2,31D;;;;. The van der Waals surface area contributed by atoms with Crippen molar-refractivity contribution in [2.75, 3.05) is 26.2 Å². The van der Waals surface area contributed by atoms with E-state index >= 15 is 0 Å². The molecule has 6 aromatic rings. The number of hydrogen-bond acceptors (Lipinski definition) is 17. The van der Waals surface area contributed by atoms with Crippen LogP contribution in [0.2, 0.25) is 0 Å². The van der Waals surface area contributed by atoms with Gasteiger partial charge in [0.1, 0.15) is 30.9 Å². The van der Waals surface area contributed by atoms with Gasteiger partial charge in [0.15, 0.2) is 23.5 Å². The third kappa shape index (κ3) is 44.9. The smallest absolute Gasteiger partial charge is 0.407 e. The molecule has 6 aromatic carbocycles. The summed E-state index contributed by atoms with van der Waals surface area (Å²) in [5.41, 5.74) is 38.7. The zero-order chi connectivity index (χ0) is 96.5. The van der Waals surface area contributed by atoms with Crippen molar-refractivity contribution in [3.8, 4) is 0 Å². The number of aliphatic imine (C=N–C) groups is 2. The number of Topliss-reactive ketones (excluding diaryl/α,β-unsaturated/α-hetero) is 2. The van der Waals surface area contributed by atoms with Gasteiger partial charge >= 0.3 is 18.2 Å². The van der Waals surface area contributed by atoms with Gasteiger partial charge in [-0.3, -0.25) is 53.1 Å². The molecule has 29 nitrogen and oxygen atoms in total. The normalized spacial score (nSPS) is 15.3. The first-order chi connectivity index (χ1) is 60.5. The Morgan fingerprint density at radius 1 is 0.444 bits per heavy atom. The van der Waals surface area contributed by atoms with Crippen LogP contribution < -0.4 is 72.0 Å². The summed E-state index contributed by atoms with van der Waals surface area (Å²) in [5.74, 6) is -15.4. The van der Waals surface area contributed by atoms with E-state index in [0.717, 1.165) is 11.1 Å². The largest absolute Gasteiger partial charge is 0.460 e. The number of carbonyl (C=O) groups excluding carboxylic acids is 11. The molecule has 0 aromatic heterocycles. The number of nitrogens with two attached hydrogens (primary N) is 7. The summed E-state index contributed by atoms with van der Waals surface area (Å²) >= 11 is 0. The second-order valence-electron chi connectivity index (χ2n) is 26.9. The summed E-state index contributed by atoms with van der Waals surface area (Å²) in [5, 5.41) is 15.1. The van der Waals surface area contributed by atoms with Crippen LogP contribution >= 0.6 is 0 Å². The van der Waals surface area contributed by atoms with Gasteiger partial charge in [0, 0.05) is 114 Å². The number of unbranched alkanes of at least 4 members (excludes halogenated alkanes) is 2. The van der Waals surface area contributed by atoms with Gasteiger partial charge in [-0.25, -0.2) is 9.59 Å². The minimum Gasteiger partial charge on any atom is -0.460 e. The number of ketones is 2. The van der Waals surface area contributed by atoms with Crippen molar-refractivity contribution in [3.63, 3.8) is 0 Å². The van der Waals surface area contributed by atoms with Gasteiger partial charge in [-0.1, -0.05) is 182 Å². The van der Waals surface area contributed by atoms with Gasteiger partial charge < -0.3 is 86.2 Å². The first kappa shape index (κ1) is 78.9. The van der Waals surface area contributed by atoms with Gasteiger partial charge in [-0.2, -0.15) is 0 Å². The van der Waals surface area contributed by atoms with E-state index < -0.39 is 222 Å². The summed E-state index contributed by atoms with van der Waals surface area (Å²) < 4.78 is 151. The first-order valence-corrected chi connectivity index (χ1v) is 36.6. The molecule has 8 atom stereocenters. The average Bonchev–Trinajstić information content (AvgIpc) is 0.733. The van der Waals surface area contributed by atoms with Gasteiger partial charge in [-0.15, -0.1) is 0 Å². The Morgan fingerprint density at radius 3 is 1.15 bits per heavy atom. The van der Waals surface area contributed by atoms with Crippen molar-refractivity contribution >= 4 is 93.9 Å². The number of ether oxygens (including phenoxy) is 3. The zero-order valence-corrected chi connectivity index (χ0v) is 69.9.